The Morgan fingerprint density at radius 2 is 1.64 bits per heavy atom. The van der Waals surface area contributed by atoms with Gasteiger partial charge in [0, 0.05) is 27.7 Å². The molecule has 0 aliphatic carbocycles. The van der Waals surface area contributed by atoms with Crippen molar-refractivity contribution in [2.24, 2.45) is 0 Å². The maximum Gasteiger partial charge on any atom is 0.261 e. The highest BCUT2D eigenvalue weighted by atomic mass is 35.5. The molecule has 2 amide bonds. The molecule has 1 aliphatic heterocycles. The van der Waals surface area contributed by atoms with Gasteiger partial charge in [-0.05, 0) is 68.4 Å². The van der Waals surface area contributed by atoms with Crippen molar-refractivity contribution in [2.45, 2.75) is 19.9 Å². The number of halogens is 2. The summed E-state index contributed by atoms with van der Waals surface area (Å²) in [7, 11) is 0. The molecular weight excluding hydrogens is 521 g/mol. The largest absolute Gasteiger partial charge is 0.494 e. The first-order chi connectivity index (χ1) is 18.9. The molecule has 1 aliphatic rings. The second kappa shape index (κ2) is 11.0. The molecule has 10 heteroatoms. The number of hydrogen-bond donors (Lipinski definition) is 3. The molecule has 0 radical (unpaired) electrons. The van der Waals surface area contributed by atoms with Crippen LogP contribution in [-0.2, 0) is 4.79 Å². The van der Waals surface area contributed by atoms with E-state index >= 15 is 4.39 Å². The second-order valence-corrected chi connectivity index (χ2v) is 9.25. The SMILES string of the molecule is CCOc1ccc(NC(=O)c2cnn3c2NC(C)=C(C(=O)Nc2ccc(Cl)cc2)[C@H]3c2ccccc2F)cc1. The second-order valence-electron chi connectivity index (χ2n) is 8.81. The van der Waals surface area contributed by atoms with Crippen molar-refractivity contribution in [3.8, 4) is 5.75 Å². The van der Waals surface area contributed by atoms with E-state index in [1.54, 1.807) is 73.7 Å². The molecule has 5 rings (SSSR count). The third-order valence-electron chi connectivity index (χ3n) is 6.24. The first kappa shape index (κ1) is 26.0. The third kappa shape index (κ3) is 5.35. The summed E-state index contributed by atoms with van der Waals surface area (Å²) in [5, 5.41) is 13.8. The van der Waals surface area contributed by atoms with Crippen LogP contribution in [0.3, 0.4) is 0 Å². The predicted molar refractivity (Wildman–Crippen MR) is 149 cm³/mol. The van der Waals surface area contributed by atoms with Crippen molar-refractivity contribution < 1.29 is 18.7 Å². The van der Waals surface area contributed by atoms with Gasteiger partial charge in [-0.15, -0.1) is 0 Å². The number of hydrogen-bond acceptors (Lipinski definition) is 5. The molecule has 1 atom stereocenters. The number of carbonyl (C=O) groups excluding carboxylic acids is 2. The fourth-order valence-electron chi connectivity index (χ4n) is 4.43. The van der Waals surface area contributed by atoms with Gasteiger partial charge in [0.25, 0.3) is 11.8 Å². The van der Waals surface area contributed by atoms with Crippen LogP contribution in [0.1, 0.15) is 35.8 Å². The Morgan fingerprint density at radius 1 is 1.00 bits per heavy atom. The number of anilines is 3. The number of fused-ring (bicyclic) bond motifs is 1. The molecule has 0 spiro atoms. The molecule has 198 valence electrons. The van der Waals surface area contributed by atoms with Gasteiger partial charge in [0.05, 0.1) is 18.4 Å². The Hall–Kier alpha value is -4.63. The highest BCUT2D eigenvalue weighted by Gasteiger charge is 2.36. The quantitative estimate of drug-likeness (QED) is 0.255. The molecule has 39 heavy (non-hydrogen) atoms. The first-order valence-electron chi connectivity index (χ1n) is 12.3. The van der Waals surface area contributed by atoms with Crippen molar-refractivity contribution in [1.29, 1.82) is 0 Å². The molecule has 0 saturated heterocycles. The summed E-state index contributed by atoms with van der Waals surface area (Å²) in [5.74, 6) is -0.333. The highest BCUT2D eigenvalue weighted by Crippen LogP contribution is 2.39. The van der Waals surface area contributed by atoms with Gasteiger partial charge in [-0.25, -0.2) is 9.07 Å². The maximum atomic E-state index is 15.1. The Bertz CT molecular complexity index is 1560. The number of amides is 2. The van der Waals surface area contributed by atoms with Crippen LogP contribution in [0.2, 0.25) is 5.02 Å². The van der Waals surface area contributed by atoms with Crippen LogP contribution in [0.15, 0.2) is 90.3 Å². The van der Waals surface area contributed by atoms with E-state index in [1.807, 2.05) is 6.92 Å². The van der Waals surface area contributed by atoms with Crippen molar-refractivity contribution in [3.63, 3.8) is 0 Å². The molecule has 0 unspecified atom stereocenters. The summed E-state index contributed by atoms with van der Waals surface area (Å²) in [6, 6.07) is 18.9. The van der Waals surface area contributed by atoms with Crippen molar-refractivity contribution >= 4 is 40.6 Å². The Balaban J connectivity index is 1.50. The minimum absolute atomic E-state index is 0.238. The molecule has 2 heterocycles. The van der Waals surface area contributed by atoms with Gasteiger partial charge in [0.15, 0.2) is 0 Å². The van der Waals surface area contributed by atoms with Crippen LogP contribution >= 0.6 is 11.6 Å². The Morgan fingerprint density at radius 3 is 2.31 bits per heavy atom. The average Bonchev–Trinajstić information content (AvgIpc) is 3.34. The third-order valence-corrected chi connectivity index (χ3v) is 6.49. The molecule has 1 aromatic heterocycles. The number of nitrogens with zero attached hydrogens (tertiary/aromatic N) is 2. The van der Waals surface area contributed by atoms with Gasteiger partial charge < -0.3 is 20.7 Å². The Kier molecular flexibility index (Phi) is 7.33. The zero-order valence-electron chi connectivity index (χ0n) is 21.2. The lowest BCUT2D eigenvalue weighted by Crippen LogP contribution is -2.32. The standard InChI is InChI=1S/C29H25ClFN5O3/c1-3-39-21-14-12-20(13-15-21)34-28(37)23-16-32-36-26(22-6-4-5-7-24(22)31)25(17(2)33-27(23)36)29(38)35-19-10-8-18(30)9-11-19/h4-16,26,33H,3H2,1-2H3,(H,34,37)(H,35,38)/t26-/m1/s1. The number of aromatic nitrogens is 2. The summed E-state index contributed by atoms with van der Waals surface area (Å²) in [5.41, 5.74) is 2.28. The van der Waals surface area contributed by atoms with Gasteiger partial charge in [0.1, 0.15) is 29.0 Å². The van der Waals surface area contributed by atoms with Crippen LogP contribution in [0.4, 0.5) is 21.6 Å². The van der Waals surface area contributed by atoms with Crippen LogP contribution in [0.25, 0.3) is 0 Å². The number of benzene rings is 3. The normalized spacial score (nSPS) is 14.3. The van der Waals surface area contributed by atoms with E-state index in [-0.39, 0.29) is 16.7 Å². The zero-order chi connectivity index (χ0) is 27.5. The predicted octanol–water partition coefficient (Wildman–Crippen LogP) is 6.25. The van der Waals surface area contributed by atoms with Crippen LogP contribution in [0.5, 0.6) is 5.75 Å². The van der Waals surface area contributed by atoms with E-state index < -0.39 is 23.7 Å². The molecule has 0 bridgehead atoms. The topological polar surface area (TPSA) is 97.3 Å². The summed E-state index contributed by atoms with van der Waals surface area (Å²) >= 11 is 5.97. The van der Waals surface area contributed by atoms with E-state index in [2.05, 4.69) is 21.0 Å². The van der Waals surface area contributed by atoms with E-state index in [1.165, 1.54) is 16.9 Å². The summed E-state index contributed by atoms with van der Waals surface area (Å²) in [4.78, 5) is 26.8. The average molecular weight is 546 g/mol. The molecule has 3 aromatic carbocycles. The molecule has 4 aromatic rings. The monoisotopic (exact) mass is 545 g/mol. The molecule has 8 nitrogen and oxygen atoms in total. The van der Waals surface area contributed by atoms with Crippen LogP contribution in [0, 0.1) is 5.82 Å². The Labute approximate surface area is 229 Å². The number of carbonyl (C=O) groups is 2. The number of ether oxygens (including phenoxy) is 1. The summed E-state index contributed by atoms with van der Waals surface area (Å²) < 4.78 is 22.0. The van der Waals surface area contributed by atoms with Gasteiger partial charge in [-0.2, -0.15) is 5.10 Å². The molecule has 0 fully saturated rings. The van der Waals surface area contributed by atoms with E-state index in [9.17, 15) is 9.59 Å². The number of nitrogens with one attached hydrogen (secondary N) is 3. The number of allylic oxidation sites excluding steroid dienone is 1. The summed E-state index contributed by atoms with van der Waals surface area (Å²) in [6.07, 6.45) is 1.40. The maximum absolute atomic E-state index is 15.1. The molecule has 3 N–H and O–H groups in total. The molecular formula is C29H25ClFN5O3. The van der Waals surface area contributed by atoms with E-state index in [0.717, 1.165) is 0 Å². The van der Waals surface area contributed by atoms with Crippen molar-refractivity contribution in [3.05, 3.63) is 112 Å². The lowest BCUT2D eigenvalue weighted by atomic mass is 9.94. The van der Waals surface area contributed by atoms with Gasteiger partial charge in [0.2, 0.25) is 0 Å². The van der Waals surface area contributed by atoms with E-state index in [4.69, 9.17) is 16.3 Å². The van der Waals surface area contributed by atoms with Gasteiger partial charge >= 0.3 is 0 Å². The number of rotatable bonds is 7. The first-order valence-corrected chi connectivity index (χ1v) is 12.6. The van der Waals surface area contributed by atoms with Gasteiger partial charge in [-0.1, -0.05) is 29.8 Å². The van der Waals surface area contributed by atoms with Crippen molar-refractivity contribution in [2.75, 3.05) is 22.6 Å². The minimum atomic E-state index is -0.929. The summed E-state index contributed by atoms with van der Waals surface area (Å²) in [6.45, 7) is 4.13. The minimum Gasteiger partial charge on any atom is -0.494 e. The fourth-order valence-corrected chi connectivity index (χ4v) is 4.56. The highest BCUT2D eigenvalue weighted by molar-refractivity contribution is 6.30. The van der Waals surface area contributed by atoms with Crippen LogP contribution in [-0.4, -0.2) is 28.2 Å². The fraction of sp³-hybridized carbons (Fsp3) is 0.138. The van der Waals surface area contributed by atoms with Crippen LogP contribution < -0.4 is 20.7 Å². The van der Waals surface area contributed by atoms with E-state index in [0.29, 0.717) is 40.3 Å². The van der Waals surface area contributed by atoms with Crippen molar-refractivity contribution in [1.82, 2.24) is 9.78 Å². The zero-order valence-corrected chi connectivity index (χ0v) is 21.9. The van der Waals surface area contributed by atoms with Gasteiger partial charge in [-0.3, -0.25) is 9.59 Å². The smallest absolute Gasteiger partial charge is 0.261 e. The lowest BCUT2D eigenvalue weighted by Gasteiger charge is -2.30. The molecule has 0 saturated carbocycles. The lowest BCUT2D eigenvalue weighted by molar-refractivity contribution is -0.113.